The normalized spacial score (nSPS) is 11.0. The summed E-state index contributed by atoms with van der Waals surface area (Å²) in [6.07, 6.45) is 3.81. The third-order valence-electron chi connectivity index (χ3n) is 5.48. The number of aryl methyl sites for hydroxylation is 1. The first-order valence-electron chi connectivity index (χ1n) is 11.2. The quantitative estimate of drug-likeness (QED) is 0.440. The van der Waals surface area contributed by atoms with Crippen molar-refractivity contribution in [1.29, 1.82) is 0 Å². The summed E-state index contributed by atoms with van der Waals surface area (Å²) in [6.45, 7) is 3.71. The van der Waals surface area contributed by atoms with Crippen LogP contribution in [0, 0.1) is 0 Å². The number of aromatic nitrogens is 2. The number of hydrogen-bond donors (Lipinski definition) is 1. The largest absolute Gasteiger partial charge is 0.356 e. The number of carbonyl (C=O) groups excluding carboxylic acids is 2. The number of carbonyl (C=O) groups is 2. The number of rotatable bonds is 11. The van der Waals surface area contributed by atoms with E-state index in [1.807, 2.05) is 48.0 Å². The number of nitrogens with one attached hydrogen (secondary N) is 1. The number of hydrogen-bond acceptors (Lipinski definition) is 3. The minimum Gasteiger partial charge on any atom is -0.356 e. The molecule has 0 aliphatic rings. The summed E-state index contributed by atoms with van der Waals surface area (Å²) in [7, 11) is 1.85. The summed E-state index contributed by atoms with van der Waals surface area (Å²) < 4.78 is 2.01. The molecule has 1 aromatic heterocycles. The maximum Gasteiger partial charge on any atom is 0.242 e. The van der Waals surface area contributed by atoms with E-state index in [0.717, 1.165) is 48.2 Å². The molecule has 2 aromatic carbocycles. The fraction of sp³-hybridized carbons (Fsp3) is 0.400. The zero-order valence-corrected chi connectivity index (χ0v) is 19.6. The van der Waals surface area contributed by atoms with Crippen LogP contribution in [0.15, 0.2) is 48.5 Å². The Morgan fingerprint density at radius 3 is 2.59 bits per heavy atom. The molecule has 0 fully saturated rings. The van der Waals surface area contributed by atoms with E-state index in [-0.39, 0.29) is 18.4 Å². The highest BCUT2D eigenvalue weighted by molar-refractivity contribution is 6.30. The number of halogens is 1. The highest BCUT2D eigenvalue weighted by atomic mass is 35.5. The van der Waals surface area contributed by atoms with Gasteiger partial charge in [0, 0.05) is 31.6 Å². The van der Waals surface area contributed by atoms with Crippen molar-refractivity contribution in [3.63, 3.8) is 0 Å². The van der Waals surface area contributed by atoms with Gasteiger partial charge in [0.05, 0.1) is 17.5 Å². The number of nitrogens with zero attached hydrogens (tertiary/aromatic N) is 3. The highest BCUT2D eigenvalue weighted by Gasteiger charge is 2.16. The Bertz CT molecular complexity index is 1050. The Balaban J connectivity index is 1.58. The van der Waals surface area contributed by atoms with E-state index in [0.29, 0.717) is 24.4 Å². The number of benzene rings is 2. The third kappa shape index (κ3) is 6.57. The lowest BCUT2D eigenvalue weighted by Crippen LogP contribution is -2.31. The molecule has 0 aliphatic heterocycles. The van der Waals surface area contributed by atoms with Crippen LogP contribution in [-0.4, -0.2) is 46.4 Å². The van der Waals surface area contributed by atoms with Crippen LogP contribution in [0.2, 0.25) is 5.02 Å². The van der Waals surface area contributed by atoms with Gasteiger partial charge >= 0.3 is 0 Å². The SMILES string of the molecule is CCCCN(C)C(=O)Cn1c(CCCNC(=O)Cc2ccc(Cl)cc2)nc2ccccc21. The van der Waals surface area contributed by atoms with Crippen LogP contribution in [-0.2, 0) is 29.0 Å². The maximum atomic E-state index is 12.7. The summed E-state index contributed by atoms with van der Waals surface area (Å²) >= 11 is 5.89. The van der Waals surface area contributed by atoms with Crippen molar-refractivity contribution in [3.05, 3.63) is 64.9 Å². The smallest absolute Gasteiger partial charge is 0.242 e. The van der Waals surface area contributed by atoms with Crippen molar-refractivity contribution >= 4 is 34.4 Å². The van der Waals surface area contributed by atoms with E-state index in [9.17, 15) is 9.59 Å². The summed E-state index contributed by atoms with van der Waals surface area (Å²) in [5.74, 6) is 0.933. The van der Waals surface area contributed by atoms with Gasteiger partial charge in [0.2, 0.25) is 11.8 Å². The Kier molecular flexibility index (Phi) is 8.68. The summed E-state index contributed by atoms with van der Waals surface area (Å²) in [4.78, 5) is 31.5. The van der Waals surface area contributed by atoms with Gasteiger partial charge in [0.25, 0.3) is 0 Å². The van der Waals surface area contributed by atoms with Crippen molar-refractivity contribution in [3.8, 4) is 0 Å². The lowest BCUT2D eigenvalue weighted by Gasteiger charge is -2.18. The maximum absolute atomic E-state index is 12.7. The molecule has 1 heterocycles. The first kappa shape index (κ1) is 23.8. The monoisotopic (exact) mass is 454 g/mol. The molecule has 1 N–H and O–H groups in total. The lowest BCUT2D eigenvalue weighted by molar-refractivity contribution is -0.130. The Morgan fingerprint density at radius 1 is 1.09 bits per heavy atom. The van der Waals surface area contributed by atoms with Crippen molar-refractivity contribution in [2.45, 2.75) is 45.6 Å². The second kappa shape index (κ2) is 11.7. The van der Waals surface area contributed by atoms with Gasteiger partial charge in [-0.3, -0.25) is 9.59 Å². The fourth-order valence-corrected chi connectivity index (χ4v) is 3.72. The van der Waals surface area contributed by atoms with Gasteiger partial charge in [0.15, 0.2) is 0 Å². The van der Waals surface area contributed by atoms with Crippen LogP contribution < -0.4 is 5.32 Å². The molecular formula is C25H31ClN4O2. The molecule has 0 saturated carbocycles. The van der Waals surface area contributed by atoms with Crippen LogP contribution in [0.3, 0.4) is 0 Å². The molecule has 7 heteroatoms. The van der Waals surface area contributed by atoms with Crippen molar-refractivity contribution in [1.82, 2.24) is 19.8 Å². The predicted octanol–water partition coefficient (Wildman–Crippen LogP) is 4.24. The van der Waals surface area contributed by atoms with Crippen molar-refractivity contribution in [2.75, 3.05) is 20.1 Å². The average Bonchev–Trinajstić information content (AvgIpc) is 3.13. The second-order valence-electron chi connectivity index (χ2n) is 8.03. The Labute approximate surface area is 194 Å². The van der Waals surface area contributed by atoms with E-state index >= 15 is 0 Å². The molecule has 0 unspecified atom stereocenters. The van der Waals surface area contributed by atoms with Crippen LogP contribution in [0.25, 0.3) is 11.0 Å². The zero-order valence-electron chi connectivity index (χ0n) is 18.8. The van der Waals surface area contributed by atoms with Crippen LogP contribution in [0.4, 0.5) is 0 Å². The molecule has 32 heavy (non-hydrogen) atoms. The van der Waals surface area contributed by atoms with Crippen LogP contribution in [0.1, 0.15) is 37.6 Å². The molecule has 0 atom stereocenters. The van der Waals surface area contributed by atoms with Crippen LogP contribution in [0.5, 0.6) is 0 Å². The molecule has 3 rings (SSSR count). The van der Waals surface area contributed by atoms with E-state index in [1.165, 1.54) is 0 Å². The highest BCUT2D eigenvalue weighted by Crippen LogP contribution is 2.17. The van der Waals surface area contributed by atoms with Gasteiger partial charge in [-0.15, -0.1) is 0 Å². The van der Waals surface area contributed by atoms with Gasteiger partial charge in [-0.25, -0.2) is 4.98 Å². The Hall–Kier alpha value is -2.86. The average molecular weight is 455 g/mol. The molecule has 3 aromatic rings. The molecule has 0 radical (unpaired) electrons. The van der Waals surface area contributed by atoms with Crippen molar-refractivity contribution in [2.24, 2.45) is 0 Å². The summed E-state index contributed by atoms with van der Waals surface area (Å²) in [5, 5.41) is 3.63. The molecule has 0 saturated heterocycles. The van der Waals surface area contributed by atoms with E-state index in [4.69, 9.17) is 16.6 Å². The number of fused-ring (bicyclic) bond motifs is 1. The first-order valence-corrected chi connectivity index (χ1v) is 11.5. The zero-order chi connectivity index (χ0) is 22.9. The molecule has 0 aliphatic carbocycles. The summed E-state index contributed by atoms with van der Waals surface area (Å²) in [6, 6.07) is 15.2. The number of imidazole rings is 1. The molecule has 170 valence electrons. The molecule has 0 spiro atoms. The number of amides is 2. The standard InChI is InChI=1S/C25H31ClN4O2/c1-3-4-16-29(2)25(32)18-30-22-9-6-5-8-21(22)28-23(30)10-7-15-27-24(31)17-19-11-13-20(26)14-12-19/h5-6,8-9,11-14H,3-4,7,10,15-18H2,1-2H3,(H,27,31). The molecule has 0 bridgehead atoms. The molecule has 6 nitrogen and oxygen atoms in total. The molecular weight excluding hydrogens is 424 g/mol. The first-order chi connectivity index (χ1) is 15.5. The summed E-state index contributed by atoms with van der Waals surface area (Å²) in [5.41, 5.74) is 2.78. The number of para-hydroxylation sites is 2. The van der Waals surface area contributed by atoms with Gasteiger partial charge in [-0.05, 0) is 42.7 Å². The minimum atomic E-state index is -0.0199. The van der Waals surface area contributed by atoms with Gasteiger partial charge < -0.3 is 14.8 Å². The minimum absolute atomic E-state index is 0.0199. The third-order valence-corrected chi connectivity index (χ3v) is 5.73. The molecule has 2 amide bonds. The second-order valence-corrected chi connectivity index (χ2v) is 8.46. The number of unbranched alkanes of at least 4 members (excludes halogenated alkanes) is 1. The van der Waals surface area contributed by atoms with E-state index < -0.39 is 0 Å². The topological polar surface area (TPSA) is 67.2 Å². The van der Waals surface area contributed by atoms with E-state index in [2.05, 4.69) is 12.2 Å². The van der Waals surface area contributed by atoms with Crippen LogP contribution >= 0.6 is 11.6 Å². The van der Waals surface area contributed by atoms with Gasteiger partial charge in [-0.1, -0.05) is 49.2 Å². The Morgan fingerprint density at radius 2 is 1.84 bits per heavy atom. The van der Waals surface area contributed by atoms with E-state index in [1.54, 1.807) is 17.0 Å². The fourth-order valence-electron chi connectivity index (χ4n) is 3.59. The van der Waals surface area contributed by atoms with Gasteiger partial charge in [0.1, 0.15) is 12.4 Å². The van der Waals surface area contributed by atoms with Crippen molar-refractivity contribution < 1.29 is 9.59 Å². The lowest BCUT2D eigenvalue weighted by atomic mass is 10.1. The predicted molar refractivity (Wildman–Crippen MR) is 129 cm³/mol. The van der Waals surface area contributed by atoms with Gasteiger partial charge in [-0.2, -0.15) is 0 Å². The number of likely N-dealkylation sites (N-methyl/N-ethyl adjacent to an activating group) is 1.